The maximum Gasteiger partial charge on any atom is 0.109 e. The van der Waals surface area contributed by atoms with Crippen molar-refractivity contribution in [2.24, 2.45) is 5.92 Å². The normalized spacial score (nSPS) is 30.4. The topological polar surface area (TPSA) is 12.5 Å². The average Bonchev–Trinajstić information content (AvgIpc) is 2.80. The summed E-state index contributed by atoms with van der Waals surface area (Å²) in [5.41, 5.74) is 3.93. The molecule has 0 amide bonds. The van der Waals surface area contributed by atoms with Crippen LogP contribution in [0.3, 0.4) is 0 Å². The van der Waals surface area contributed by atoms with E-state index in [2.05, 4.69) is 41.3 Å². The van der Waals surface area contributed by atoms with E-state index in [-0.39, 0.29) is 6.10 Å². The number of ether oxygens (including phenoxy) is 1. The predicted molar refractivity (Wildman–Crippen MR) is 103 cm³/mol. The maximum absolute atomic E-state index is 6.84. The Morgan fingerprint density at radius 1 is 1.04 bits per heavy atom. The standard InChI is InChI=1S/C21H22ClNOS/c22-16-5-6-20-18(11-16)21(17-4-2-1-3-15(17)13-25-20)24-19-12-23-9-7-14(19)8-10-23/h1-6,11,14,19,21H,7-10,12-13H2/t19-,21+/m1/s1. The van der Waals surface area contributed by atoms with Gasteiger partial charge in [-0.2, -0.15) is 0 Å². The minimum atomic E-state index is -0.00884. The molecule has 25 heavy (non-hydrogen) atoms. The summed E-state index contributed by atoms with van der Waals surface area (Å²) in [6.45, 7) is 3.56. The lowest BCUT2D eigenvalue weighted by atomic mass is 9.85. The summed E-state index contributed by atoms with van der Waals surface area (Å²) < 4.78 is 6.84. The smallest absolute Gasteiger partial charge is 0.109 e. The van der Waals surface area contributed by atoms with Crippen molar-refractivity contribution in [2.45, 2.75) is 35.7 Å². The van der Waals surface area contributed by atoms with Crippen LogP contribution in [-0.4, -0.2) is 30.6 Å². The molecule has 0 N–H and O–H groups in total. The highest BCUT2D eigenvalue weighted by molar-refractivity contribution is 7.98. The summed E-state index contributed by atoms with van der Waals surface area (Å²) in [4.78, 5) is 3.85. The Kier molecular flexibility index (Phi) is 4.29. The van der Waals surface area contributed by atoms with E-state index in [0.717, 1.165) is 17.3 Å². The van der Waals surface area contributed by atoms with Crippen LogP contribution in [0.15, 0.2) is 47.4 Å². The van der Waals surface area contributed by atoms with Crippen molar-refractivity contribution < 1.29 is 4.74 Å². The van der Waals surface area contributed by atoms with Gasteiger partial charge in [-0.05, 0) is 61.2 Å². The quantitative estimate of drug-likeness (QED) is 0.724. The molecule has 4 aliphatic rings. The Labute approximate surface area is 158 Å². The van der Waals surface area contributed by atoms with Crippen molar-refractivity contribution in [1.29, 1.82) is 0 Å². The zero-order valence-corrected chi connectivity index (χ0v) is 15.7. The molecule has 4 aliphatic heterocycles. The summed E-state index contributed by atoms with van der Waals surface area (Å²) in [5.74, 6) is 1.70. The first-order valence-electron chi connectivity index (χ1n) is 9.16. The molecule has 2 aromatic carbocycles. The molecule has 0 aliphatic carbocycles. The molecule has 2 aromatic rings. The summed E-state index contributed by atoms with van der Waals surface area (Å²) in [6, 6.07) is 15.0. The molecule has 130 valence electrons. The lowest BCUT2D eigenvalue weighted by Crippen LogP contribution is -2.51. The minimum Gasteiger partial charge on any atom is -0.364 e. The molecule has 4 heteroatoms. The fraction of sp³-hybridized carbons (Fsp3) is 0.429. The van der Waals surface area contributed by atoms with Crippen molar-refractivity contribution in [2.75, 3.05) is 19.6 Å². The Morgan fingerprint density at radius 3 is 2.68 bits per heavy atom. The average molecular weight is 372 g/mol. The van der Waals surface area contributed by atoms with Crippen molar-refractivity contribution in [3.63, 3.8) is 0 Å². The number of hydrogen-bond donors (Lipinski definition) is 0. The van der Waals surface area contributed by atoms with Crippen LogP contribution in [0, 0.1) is 5.92 Å². The number of hydrogen-bond acceptors (Lipinski definition) is 3. The van der Waals surface area contributed by atoms with E-state index in [1.165, 1.54) is 47.5 Å². The van der Waals surface area contributed by atoms with Gasteiger partial charge in [0.05, 0.1) is 6.10 Å². The van der Waals surface area contributed by atoms with Gasteiger partial charge in [-0.1, -0.05) is 35.9 Å². The van der Waals surface area contributed by atoms with Gasteiger partial charge in [0.25, 0.3) is 0 Å². The molecule has 0 spiro atoms. The molecule has 2 atom stereocenters. The van der Waals surface area contributed by atoms with Gasteiger partial charge in [-0.15, -0.1) is 11.8 Å². The minimum absolute atomic E-state index is 0.00884. The predicted octanol–water partition coefficient (Wildman–Crippen LogP) is 5.15. The SMILES string of the molecule is Clc1ccc2c(c1)[C@@H](O[C@@H]1CN3CCC1CC3)c1ccccc1CS2. The van der Waals surface area contributed by atoms with E-state index in [1.54, 1.807) is 0 Å². The fourth-order valence-corrected chi connectivity index (χ4v) is 5.74. The van der Waals surface area contributed by atoms with Gasteiger partial charge in [0.15, 0.2) is 0 Å². The van der Waals surface area contributed by atoms with Crippen LogP contribution in [0.25, 0.3) is 0 Å². The van der Waals surface area contributed by atoms with Gasteiger partial charge in [0, 0.05) is 27.8 Å². The van der Waals surface area contributed by atoms with Crippen molar-refractivity contribution in [3.05, 3.63) is 64.2 Å². The molecule has 2 nitrogen and oxygen atoms in total. The van der Waals surface area contributed by atoms with E-state index in [4.69, 9.17) is 16.3 Å². The largest absolute Gasteiger partial charge is 0.364 e. The second-order valence-electron chi connectivity index (χ2n) is 7.36. The highest BCUT2D eigenvalue weighted by Gasteiger charge is 2.37. The molecule has 0 unspecified atom stereocenters. The molecule has 0 aromatic heterocycles. The zero-order valence-electron chi connectivity index (χ0n) is 14.2. The molecule has 0 saturated carbocycles. The van der Waals surface area contributed by atoms with Gasteiger partial charge >= 0.3 is 0 Å². The van der Waals surface area contributed by atoms with Crippen LogP contribution in [-0.2, 0) is 10.5 Å². The number of nitrogens with zero attached hydrogens (tertiary/aromatic N) is 1. The Hall–Kier alpha value is -1.00. The number of thioether (sulfide) groups is 1. The van der Waals surface area contributed by atoms with E-state index in [0.29, 0.717) is 12.0 Å². The van der Waals surface area contributed by atoms with E-state index in [9.17, 15) is 0 Å². The maximum atomic E-state index is 6.84. The number of fused-ring (bicyclic) bond motifs is 5. The van der Waals surface area contributed by atoms with Crippen molar-refractivity contribution in [3.8, 4) is 0 Å². The van der Waals surface area contributed by atoms with Crippen LogP contribution in [0.4, 0.5) is 0 Å². The van der Waals surface area contributed by atoms with Gasteiger partial charge in [-0.3, -0.25) is 0 Å². The second-order valence-corrected chi connectivity index (χ2v) is 8.82. The molecule has 3 fully saturated rings. The van der Waals surface area contributed by atoms with Crippen molar-refractivity contribution in [1.82, 2.24) is 4.90 Å². The first-order chi connectivity index (χ1) is 12.3. The summed E-state index contributed by atoms with van der Waals surface area (Å²) in [7, 11) is 0. The number of halogens is 1. The third-order valence-corrected chi connectivity index (χ3v) is 7.26. The lowest BCUT2D eigenvalue weighted by molar-refractivity contribution is -0.0933. The molecular formula is C21H22ClNOS. The molecule has 2 bridgehead atoms. The number of rotatable bonds is 2. The fourth-order valence-electron chi connectivity index (χ4n) is 4.49. The van der Waals surface area contributed by atoms with Gasteiger partial charge in [0.2, 0.25) is 0 Å². The third kappa shape index (κ3) is 3.02. The molecule has 4 heterocycles. The summed E-state index contributed by atoms with van der Waals surface area (Å²) in [6.07, 6.45) is 2.87. The Balaban J connectivity index is 1.56. The number of piperidine rings is 3. The highest BCUT2D eigenvalue weighted by Crippen LogP contribution is 2.44. The van der Waals surface area contributed by atoms with Crippen molar-refractivity contribution >= 4 is 23.4 Å². The van der Waals surface area contributed by atoms with E-state index < -0.39 is 0 Å². The number of benzene rings is 2. The van der Waals surface area contributed by atoms with Gasteiger partial charge in [0.1, 0.15) is 6.10 Å². The van der Waals surface area contributed by atoms with E-state index >= 15 is 0 Å². The molecule has 0 radical (unpaired) electrons. The van der Waals surface area contributed by atoms with Gasteiger partial charge in [-0.25, -0.2) is 0 Å². The van der Waals surface area contributed by atoms with Crippen LogP contribution in [0.1, 0.15) is 35.6 Å². The first-order valence-corrected chi connectivity index (χ1v) is 10.5. The Morgan fingerprint density at radius 2 is 1.88 bits per heavy atom. The summed E-state index contributed by atoms with van der Waals surface area (Å²) >= 11 is 8.25. The zero-order chi connectivity index (χ0) is 16.8. The monoisotopic (exact) mass is 371 g/mol. The first kappa shape index (κ1) is 16.2. The highest BCUT2D eigenvalue weighted by atomic mass is 35.5. The Bertz CT molecular complexity index is 787. The molecule has 3 saturated heterocycles. The van der Waals surface area contributed by atoms with Crippen LogP contribution in [0.5, 0.6) is 0 Å². The lowest BCUT2D eigenvalue weighted by Gasteiger charge is -2.45. The molecular weight excluding hydrogens is 350 g/mol. The summed E-state index contributed by atoms with van der Waals surface area (Å²) in [5, 5.41) is 0.793. The van der Waals surface area contributed by atoms with Crippen LogP contribution in [0.2, 0.25) is 5.02 Å². The van der Waals surface area contributed by atoms with E-state index in [1.807, 2.05) is 17.8 Å². The van der Waals surface area contributed by atoms with Crippen LogP contribution >= 0.6 is 23.4 Å². The van der Waals surface area contributed by atoms with Gasteiger partial charge < -0.3 is 9.64 Å². The third-order valence-electron chi connectivity index (χ3n) is 5.88. The van der Waals surface area contributed by atoms with Crippen LogP contribution < -0.4 is 0 Å². The molecule has 6 rings (SSSR count). The second kappa shape index (κ2) is 6.62.